The maximum atomic E-state index is 12.8. The second-order valence-electron chi connectivity index (χ2n) is 15.7. The summed E-state index contributed by atoms with van der Waals surface area (Å²) in [6.07, 6.45) is 22.0. The first-order valence-electron chi connectivity index (χ1n) is 17.9. The van der Waals surface area contributed by atoms with Crippen LogP contribution in [-0.4, -0.2) is 27.1 Å². The molecule has 0 N–H and O–H groups in total. The highest BCUT2D eigenvalue weighted by atomic mass is 16.5. The van der Waals surface area contributed by atoms with Crippen LogP contribution in [0.3, 0.4) is 0 Å². The van der Waals surface area contributed by atoms with Crippen LogP contribution in [0.5, 0.6) is 0 Å². The summed E-state index contributed by atoms with van der Waals surface area (Å²) >= 11 is 0. The van der Waals surface area contributed by atoms with Crippen molar-refractivity contribution in [2.45, 2.75) is 143 Å². The maximum Gasteiger partial charge on any atom is 0.306 e. The number of para-hydroxylation sites is 1. The monoisotopic (exact) mass is 587 g/mol. The molecule has 1 aromatic heterocycles. The van der Waals surface area contributed by atoms with E-state index in [1.165, 1.54) is 64.2 Å². The molecule has 0 aliphatic heterocycles. The van der Waals surface area contributed by atoms with Crippen molar-refractivity contribution in [3.05, 3.63) is 35.9 Å². The van der Waals surface area contributed by atoms with E-state index in [4.69, 9.17) is 4.74 Å². The molecule has 5 nitrogen and oxygen atoms in total. The van der Waals surface area contributed by atoms with E-state index in [0.29, 0.717) is 17.3 Å². The van der Waals surface area contributed by atoms with Gasteiger partial charge in [0.05, 0.1) is 5.52 Å². The van der Waals surface area contributed by atoms with Crippen molar-refractivity contribution in [1.82, 2.24) is 15.0 Å². The number of allylic oxidation sites excluding steroid dienone is 1. The number of nitrogens with zero attached hydrogens (tertiary/aromatic N) is 3. The SMILES string of the molecule is CC(C)CCCCC1CCC2C3CC=C4CC(OC(=O)CCCCCn5nnc6ccccc65)CCC4(C)C3CCC12C. The van der Waals surface area contributed by atoms with Crippen LogP contribution in [0.4, 0.5) is 0 Å². The predicted octanol–water partition coefficient (Wildman–Crippen LogP) is 9.70. The molecule has 43 heavy (non-hydrogen) atoms. The van der Waals surface area contributed by atoms with Gasteiger partial charge in [0.15, 0.2) is 0 Å². The number of hydrogen-bond acceptors (Lipinski definition) is 4. The van der Waals surface area contributed by atoms with Gasteiger partial charge < -0.3 is 4.74 Å². The zero-order valence-electron chi connectivity index (χ0n) is 27.5. The summed E-state index contributed by atoms with van der Waals surface area (Å²) in [6.45, 7) is 10.8. The van der Waals surface area contributed by atoms with Crippen molar-refractivity contribution < 1.29 is 9.53 Å². The van der Waals surface area contributed by atoms with Crippen LogP contribution in [-0.2, 0) is 16.1 Å². The Balaban J connectivity index is 0.962. The zero-order valence-corrected chi connectivity index (χ0v) is 27.5. The molecule has 1 heterocycles. The van der Waals surface area contributed by atoms with Crippen LogP contribution in [0.1, 0.15) is 130 Å². The molecule has 0 radical (unpaired) electrons. The van der Waals surface area contributed by atoms with E-state index in [0.717, 1.165) is 79.3 Å². The van der Waals surface area contributed by atoms with E-state index in [2.05, 4.69) is 50.1 Å². The average Bonchev–Trinajstić information content (AvgIpc) is 3.55. The number of unbranched alkanes of at least 4 members (excludes halogenated alkanes) is 3. The molecule has 3 fully saturated rings. The fourth-order valence-electron chi connectivity index (χ4n) is 10.3. The molecule has 7 atom stereocenters. The second kappa shape index (κ2) is 13.1. The molecule has 6 rings (SSSR count). The van der Waals surface area contributed by atoms with Crippen molar-refractivity contribution in [1.29, 1.82) is 0 Å². The van der Waals surface area contributed by atoms with E-state index < -0.39 is 0 Å². The Hall–Kier alpha value is -2.17. The molecule has 0 saturated heterocycles. The summed E-state index contributed by atoms with van der Waals surface area (Å²) in [5, 5.41) is 8.52. The summed E-state index contributed by atoms with van der Waals surface area (Å²) in [4.78, 5) is 12.8. The Kier molecular flexibility index (Phi) is 9.36. The van der Waals surface area contributed by atoms with E-state index in [1.54, 1.807) is 5.57 Å². The number of benzene rings is 1. The van der Waals surface area contributed by atoms with Crippen LogP contribution in [0.25, 0.3) is 11.0 Å². The molecule has 1 aromatic carbocycles. The fraction of sp³-hybridized carbons (Fsp3) is 0.763. The Morgan fingerprint density at radius 1 is 1.00 bits per heavy atom. The lowest BCUT2D eigenvalue weighted by atomic mass is 9.47. The normalized spacial score (nSPS) is 33.6. The lowest BCUT2D eigenvalue weighted by molar-refractivity contribution is -0.151. The molecule has 4 aliphatic carbocycles. The van der Waals surface area contributed by atoms with Gasteiger partial charge in [-0.15, -0.1) is 5.10 Å². The van der Waals surface area contributed by atoms with Crippen LogP contribution in [0.2, 0.25) is 0 Å². The number of esters is 1. The third-order valence-corrected chi connectivity index (χ3v) is 12.8. The highest BCUT2D eigenvalue weighted by molar-refractivity contribution is 5.73. The molecule has 5 heteroatoms. The maximum absolute atomic E-state index is 12.8. The van der Waals surface area contributed by atoms with Gasteiger partial charge in [-0.2, -0.15) is 0 Å². The number of aryl methyl sites for hydroxylation is 1. The topological polar surface area (TPSA) is 57.0 Å². The Labute approximate surface area is 260 Å². The summed E-state index contributed by atoms with van der Waals surface area (Å²) < 4.78 is 8.06. The van der Waals surface area contributed by atoms with Gasteiger partial charge in [0.1, 0.15) is 11.6 Å². The second-order valence-corrected chi connectivity index (χ2v) is 15.7. The van der Waals surface area contributed by atoms with Crippen molar-refractivity contribution in [3.8, 4) is 0 Å². The molecule has 236 valence electrons. The highest BCUT2D eigenvalue weighted by Gasteiger charge is 2.58. The zero-order chi connectivity index (χ0) is 30.0. The summed E-state index contributed by atoms with van der Waals surface area (Å²) in [6, 6.07) is 8.08. The molecule has 0 bridgehead atoms. The predicted molar refractivity (Wildman–Crippen MR) is 174 cm³/mol. The smallest absolute Gasteiger partial charge is 0.306 e. The summed E-state index contributed by atoms with van der Waals surface area (Å²) in [7, 11) is 0. The van der Waals surface area contributed by atoms with E-state index >= 15 is 0 Å². The van der Waals surface area contributed by atoms with Crippen LogP contribution in [0.15, 0.2) is 35.9 Å². The Morgan fingerprint density at radius 2 is 1.86 bits per heavy atom. The third-order valence-electron chi connectivity index (χ3n) is 12.8. The average molecular weight is 588 g/mol. The molecular formula is C38H57N3O2. The fourth-order valence-corrected chi connectivity index (χ4v) is 10.3. The van der Waals surface area contributed by atoms with Gasteiger partial charge in [0.2, 0.25) is 0 Å². The van der Waals surface area contributed by atoms with Crippen molar-refractivity contribution in [2.75, 3.05) is 0 Å². The van der Waals surface area contributed by atoms with Crippen LogP contribution < -0.4 is 0 Å². The molecule has 2 aromatic rings. The van der Waals surface area contributed by atoms with E-state index in [9.17, 15) is 4.79 Å². The van der Waals surface area contributed by atoms with Gasteiger partial charge in [-0.3, -0.25) is 4.79 Å². The van der Waals surface area contributed by atoms with Gasteiger partial charge in [0, 0.05) is 19.4 Å². The number of fused-ring (bicyclic) bond motifs is 6. The number of ether oxygens (including phenoxy) is 1. The van der Waals surface area contributed by atoms with Gasteiger partial charge in [-0.25, -0.2) is 4.68 Å². The minimum atomic E-state index is -0.00656. The highest BCUT2D eigenvalue weighted by Crippen LogP contribution is 2.66. The van der Waals surface area contributed by atoms with Gasteiger partial charge in [0.25, 0.3) is 0 Å². The van der Waals surface area contributed by atoms with Crippen molar-refractivity contribution >= 4 is 17.0 Å². The lowest BCUT2D eigenvalue weighted by Gasteiger charge is -2.58. The van der Waals surface area contributed by atoms with Crippen molar-refractivity contribution in [2.24, 2.45) is 40.4 Å². The molecule has 3 saturated carbocycles. The van der Waals surface area contributed by atoms with E-state index in [1.807, 2.05) is 22.9 Å². The van der Waals surface area contributed by atoms with Gasteiger partial charge >= 0.3 is 5.97 Å². The van der Waals surface area contributed by atoms with Crippen molar-refractivity contribution in [3.63, 3.8) is 0 Å². The number of aromatic nitrogens is 3. The first-order chi connectivity index (χ1) is 20.8. The first-order valence-corrected chi connectivity index (χ1v) is 17.9. The van der Waals surface area contributed by atoms with Gasteiger partial charge in [-0.05, 0) is 117 Å². The Morgan fingerprint density at radius 3 is 2.72 bits per heavy atom. The summed E-state index contributed by atoms with van der Waals surface area (Å²) in [5.74, 6) is 4.38. The van der Waals surface area contributed by atoms with E-state index in [-0.39, 0.29) is 12.1 Å². The number of hydrogen-bond donors (Lipinski definition) is 0. The minimum Gasteiger partial charge on any atom is -0.462 e. The largest absolute Gasteiger partial charge is 0.462 e. The Bertz CT molecular complexity index is 1280. The summed E-state index contributed by atoms with van der Waals surface area (Å²) in [5.41, 5.74) is 4.52. The molecular weight excluding hydrogens is 530 g/mol. The number of carbonyl (C=O) groups excluding carboxylic acids is 1. The number of carbonyl (C=O) groups is 1. The lowest BCUT2D eigenvalue weighted by Crippen LogP contribution is -2.50. The number of rotatable bonds is 12. The first kappa shape index (κ1) is 30.8. The van der Waals surface area contributed by atoms with Crippen LogP contribution >= 0.6 is 0 Å². The van der Waals surface area contributed by atoms with Crippen LogP contribution in [0, 0.1) is 40.4 Å². The minimum absolute atomic E-state index is 0.00656. The molecule has 0 amide bonds. The van der Waals surface area contributed by atoms with Gasteiger partial charge in [-0.1, -0.05) is 82.4 Å². The molecule has 4 aliphatic rings. The molecule has 7 unspecified atom stereocenters. The quantitative estimate of drug-likeness (QED) is 0.141. The third kappa shape index (κ3) is 6.34. The standard InChI is InChI=1S/C38H57N3O2/c1-27(2)12-7-8-13-28-18-20-32-31-19-17-29-26-30(21-23-38(29,4)33(31)22-24-37(28,32)3)43-36(42)16-6-5-11-25-41-35-15-10-9-14-34(35)39-40-41/h9-10,14-15,17,27-28,30-33H,5-8,11-13,16,18-26H2,1-4H3. The molecule has 0 spiro atoms.